The van der Waals surface area contributed by atoms with Crippen LogP contribution in [-0.2, 0) is 28.6 Å². The molecule has 4 aliphatic carbocycles. The van der Waals surface area contributed by atoms with Gasteiger partial charge in [-0.15, -0.1) is 0 Å². The van der Waals surface area contributed by atoms with Gasteiger partial charge in [0.15, 0.2) is 0 Å². The van der Waals surface area contributed by atoms with Crippen molar-refractivity contribution >= 4 is 17.9 Å². The SMILES string of the molecule is CC(=O)O[C@H]1C[C@@]2(C)C3=CC[C@H]4C(C)(C)[C@@H](OC(C)=O)CC[C@]4(C)[C@@H]3CC[C@@]23C(=O)O[C@@](C)(CCC=C(C)C)[C@@H]13. The molecule has 1 heterocycles. The van der Waals surface area contributed by atoms with Gasteiger partial charge in [-0.2, -0.15) is 0 Å². The van der Waals surface area contributed by atoms with Crippen LogP contribution in [0.2, 0.25) is 0 Å². The molecular formula is C34H50O6. The van der Waals surface area contributed by atoms with Gasteiger partial charge in [0.25, 0.3) is 0 Å². The Balaban J connectivity index is 1.56. The average Bonchev–Trinajstić information content (AvgIpc) is 3.22. The minimum Gasteiger partial charge on any atom is -0.462 e. The zero-order chi connectivity index (χ0) is 29.5. The third kappa shape index (κ3) is 3.97. The first-order valence-electron chi connectivity index (χ1n) is 15.4. The lowest BCUT2D eigenvalue weighted by atomic mass is 9.41. The zero-order valence-electron chi connectivity index (χ0n) is 26.1. The Morgan fingerprint density at radius 3 is 2.30 bits per heavy atom. The highest BCUT2D eigenvalue weighted by atomic mass is 16.6. The molecule has 0 amide bonds. The quantitative estimate of drug-likeness (QED) is 0.205. The van der Waals surface area contributed by atoms with Crippen molar-refractivity contribution in [1.29, 1.82) is 0 Å². The number of carbonyl (C=O) groups is 3. The largest absolute Gasteiger partial charge is 0.462 e. The van der Waals surface area contributed by atoms with Crippen molar-refractivity contribution in [3.63, 3.8) is 0 Å². The Morgan fingerprint density at radius 2 is 1.68 bits per heavy atom. The summed E-state index contributed by atoms with van der Waals surface area (Å²) in [4.78, 5) is 38.5. The fraction of sp³-hybridized carbons (Fsp3) is 0.794. The molecule has 9 atom stereocenters. The van der Waals surface area contributed by atoms with E-state index in [0.29, 0.717) is 18.3 Å². The Bertz CT molecular complexity index is 1160. The molecule has 6 nitrogen and oxygen atoms in total. The van der Waals surface area contributed by atoms with Crippen molar-refractivity contribution in [2.45, 2.75) is 131 Å². The molecule has 0 aromatic carbocycles. The van der Waals surface area contributed by atoms with Crippen molar-refractivity contribution in [2.24, 2.45) is 39.4 Å². The van der Waals surface area contributed by atoms with Crippen LogP contribution in [0.3, 0.4) is 0 Å². The minimum absolute atomic E-state index is 0.0408. The molecule has 1 aliphatic heterocycles. The second kappa shape index (κ2) is 9.46. The summed E-state index contributed by atoms with van der Waals surface area (Å²) in [5.74, 6) is -0.0606. The van der Waals surface area contributed by atoms with E-state index >= 15 is 0 Å². The molecule has 0 aromatic rings. The highest BCUT2D eigenvalue weighted by Gasteiger charge is 2.79. The van der Waals surface area contributed by atoms with E-state index in [1.54, 1.807) is 0 Å². The van der Waals surface area contributed by atoms with E-state index in [9.17, 15) is 14.4 Å². The van der Waals surface area contributed by atoms with Gasteiger partial charge in [-0.3, -0.25) is 14.4 Å². The van der Waals surface area contributed by atoms with E-state index in [1.165, 1.54) is 25.0 Å². The number of carbonyl (C=O) groups excluding carboxylic acids is 3. The van der Waals surface area contributed by atoms with Crippen LogP contribution in [0, 0.1) is 39.4 Å². The standard InChI is InChI=1S/C34H50O6/c1-20(2)11-10-16-33(9)28-25(38-21(3)35)19-32(8)24-12-13-26-30(5,6)27(39-22(4)36)15-17-31(26,7)23(24)14-18-34(28,32)29(37)40-33/h11-12,23,25-28H,10,13-19H2,1-9H3/t23-,25+,26+,27+,28-,31-,32+,33+,34-/m1/s1. The molecule has 5 aliphatic rings. The third-order valence-corrected chi connectivity index (χ3v) is 12.3. The van der Waals surface area contributed by atoms with Crippen molar-refractivity contribution < 1.29 is 28.6 Å². The number of fused-ring (bicyclic) bond motifs is 4. The van der Waals surface area contributed by atoms with Gasteiger partial charge in [0, 0.05) is 24.7 Å². The van der Waals surface area contributed by atoms with Gasteiger partial charge in [-0.1, -0.05) is 51.0 Å². The first-order valence-corrected chi connectivity index (χ1v) is 15.4. The van der Waals surface area contributed by atoms with Crippen molar-refractivity contribution in [3.05, 3.63) is 23.3 Å². The molecule has 1 spiro atoms. The Kier molecular flexibility index (Phi) is 6.95. The first-order chi connectivity index (χ1) is 18.5. The van der Waals surface area contributed by atoms with E-state index < -0.39 is 16.4 Å². The number of ether oxygens (including phenoxy) is 3. The van der Waals surface area contributed by atoms with Gasteiger partial charge in [0.05, 0.1) is 11.3 Å². The molecule has 222 valence electrons. The number of cyclic esters (lactones) is 1. The molecule has 0 aromatic heterocycles. The minimum atomic E-state index is -0.692. The van der Waals surface area contributed by atoms with Gasteiger partial charge in [0.1, 0.15) is 17.8 Å². The monoisotopic (exact) mass is 554 g/mol. The fourth-order valence-corrected chi connectivity index (χ4v) is 10.8. The summed E-state index contributed by atoms with van der Waals surface area (Å²) in [5.41, 5.74) is 0.713. The maximum absolute atomic E-state index is 14.2. The second-order valence-corrected chi connectivity index (χ2v) is 15.2. The van der Waals surface area contributed by atoms with Crippen molar-refractivity contribution in [2.75, 3.05) is 0 Å². The molecule has 4 fully saturated rings. The molecule has 5 rings (SSSR count). The molecule has 0 radical (unpaired) electrons. The van der Waals surface area contributed by atoms with Gasteiger partial charge >= 0.3 is 17.9 Å². The molecule has 3 saturated carbocycles. The topological polar surface area (TPSA) is 78.9 Å². The van der Waals surface area contributed by atoms with E-state index in [0.717, 1.165) is 44.9 Å². The molecule has 0 bridgehead atoms. The number of hydrogen-bond acceptors (Lipinski definition) is 6. The van der Waals surface area contributed by atoms with E-state index in [-0.39, 0.29) is 46.9 Å². The smallest absolute Gasteiger partial charge is 0.314 e. The van der Waals surface area contributed by atoms with E-state index in [1.807, 2.05) is 0 Å². The fourth-order valence-electron chi connectivity index (χ4n) is 10.8. The van der Waals surface area contributed by atoms with Gasteiger partial charge in [0.2, 0.25) is 0 Å². The number of rotatable bonds is 5. The van der Waals surface area contributed by atoms with Crippen LogP contribution < -0.4 is 0 Å². The van der Waals surface area contributed by atoms with Crippen LogP contribution in [0.4, 0.5) is 0 Å². The highest BCUT2D eigenvalue weighted by molar-refractivity contribution is 5.84. The van der Waals surface area contributed by atoms with Crippen LogP contribution in [-0.4, -0.2) is 35.7 Å². The third-order valence-electron chi connectivity index (χ3n) is 12.3. The molecule has 6 heteroatoms. The predicted molar refractivity (Wildman–Crippen MR) is 153 cm³/mol. The maximum atomic E-state index is 14.2. The Labute approximate surface area is 240 Å². The summed E-state index contributed by atoms with van der Waals surface area (Å²) in [7, 11) is 0. The van der Waals surface area contributed by atoms with Crippen molar-refractivity contribution in [1.82, 2.24) is 0 Å². The highest BCUT2D eigenvalue weighted by Crippen LogP contribution is 2.76. The second-order valence-electron chi connectivity index (χ2n) is 15.2. The van der Waals surface area contributed by atoms with Gasteiger partial charge < -0.3 is 14.2 Å². The average molecular weight is 555 g/mol. The Hall–Kier alpha value is -2.11. The maximum Gasteiger partial charge on any atom is 0.314 e. The van der Waals surface area contributed by atoms with Crippen LogP contribution in [0.1, 0.15) is 114 Å². The molecule has 40 heavy (non-hydrogen) atoms. The summed E-state index contributed by atoms with van der Waals surface area (Å²) in [5, 5.41) is 0. The lowest BCUT2D eigenvalue weighted by Crippen LogP contribution is -2.59. The van der Waals surface area contributed by atoms with Crippen LogP contribution in [0.15, 0.2) is 23.3 Å². The van der Waals surface area contributed by atoms with Gasteiger partial charge in [-0.05, 0) is 89.4 Å². The van der Waals surface area contributed by atoms with E-state index in [2.05, 4.69) is 60.6 Å². The molecule has 0 N–H and O–H groups in total. The summed E-state index contributed by atoms with van der Waals surface area (Å²) in [6, 6.07) is 0. The summed E-state index contributed by atoms with van der Waals surface area (Å²) >= 11 is 0. The lowest BCUT2D eigenvalue weighted by Gasteiger charge is -2.63. The first kappa shape index (κ1) is 29.4. The summed E-state index contributed by atoms with van der Waals surface area (Å²) in [6.45, 7) is 18.5. The normalized spacial score (nSPS) is 44.7. The number of allylic oxidation sites excluding steroid dienone is 4. The van der Waals surface area contributed by atoms with Crippen LogP contribution in [0.5, 0.6) is 0 Å². The predicted octanol–water partition coefficient (Wildman–Crippen LogP) is 7.11. The molecule has 0 unspecified atom stereocenters. The van der Waals surface area contributed by atoms with Crippen LogP contribution >= 0.6 is 0 Å². The molecule has 1 saturated heterocycles. The zero-order valence-corrected chi connectivity index (χ0v) is 26.1. The van der Waals surface area contributed by atoms with Gasteiger partial charge in [-0.25, -0.2) is 0 Å². The lowest BCUT2D eigenvalue weighted by molar-refractivity contribution is -0.176. The van der Waals surface area contributed by atoms with Crippen LogP contribution in [0.25, 0.3) is 0 Å². The number of esters is 3. The van der Waals surface area contributed by atoms with Crippen molar-refractivity contribution in [3.8, 4) is 0 Å². The Morgan fingerprint density at radius 1 is 1.00 bits per heavy atom. The number of hydrogen-bond donors (Lipinski definition) is 0. The molecular weight excluding hydrogens is 504 g/mol. The van der Waals surface area contributed by atoms with E-state index in [4.69, 9.17) is 14.2 Å². The summed E-state index contributed by atoms with van der Waals surface area (Å²) < 4.78 is 18.3. The summed E-state index contributed by atoms with van der Waals surface area (Å²) in [6.07, 6.45) is 10.8.